The molecule has 162 valence electrons. The lowest BCUT2D eigenvalue weighted by Gasteiger charge is -2.32. The SMILES string of the molecule is C/C=C/CCCC1CCC(CCC2CCC(c3cc(F)c(F)c(F)c3)CC2)CC1. The Hall–Kier alpha value is -1.25. The van der Waals surface area contributed by atoms with Gasteiger partial charge in [0.2, 0.25) is 0 Å². The van der Waals surface area contributed by atoms with E-state index in [9.17, 15) is 13.2 Å². The molecular weight excluding hydrogens is 369 g/mol. The molecular formula is C26H37F3. The topological polar surface area (TPSA) is 0 Å². The highest BCUT2D eigenvalue weighted by Gasteiger charge is 2.26. The molecule has 0 spiro atoms. The van der Waals surface area contributed by atoms with Crippen molar-refractivity contribution in [3.8, 4) is 0 Å². The van der Waals surface area contributed by atoms with Crippen molar-refractivity contribution in [3.63, 3.8) is 0 Å². The Morgan fingerprint density at radius 2 is 1.24 bits per heavy atom. The summed E-state index contributed by atoms with van der Waals surface area (Å²) in [5.74, 6) is -0.689. The smallest absolute Gasteiger partial charge is 0.194 e. The molecule has 0 bridgehead atoms. The monoisotopic (exact) mass is 406 g/mol. The van der Waals surface area contributed by atoms with Crippen molar-refractivity contribution in [1.82, 2.24) is 0 Å². The Balaban J connectivity index is 1.34. The van der Waals surface area contributed by atoms with Gasteiger partial charge in [0.05, 0.1) is 0 Å². The third-order valence-electron chi connectivity index (χ3n) is 7.49. The van der Waals surface area contributed by atoms with Gasteiger partial charge in [0, 0.05) is 0 Å². The maximum Gasteiger partial charge on any atom is 0.194 e. The quantitative estimate of drug-likeness (QED) is 0.230. The summed E-state index contributed by atoms with van der Waals surface area (Å²) in [5, 5.41) is 0. The molecule has 3 rings (SSSR count). The molecule has 0 atom stereocenters. The summed E-state index contributed by atoms with van der Waals surface area (Å²) in [6.45, 7) is 2.10. The minimum atomic E-state index is -1.35. The van der Waals surface area contributed by atoms with E-state index in [0.717, 1.165) is 43.4 Å². The van der Waals surface area contributed by atoms with Gasteiger partial charge in [-0.05, 0) is 86.8 Å². The number of unbranched alkanes of at least 4 members (excludes halogenated alkanes) is 1. The second kappa shape index (κ2) is 11.2. The van der Waals surface area contributed by atoms with E-state index in [2.05, 4.69) is 19.1 Å². The van der Waals surface area contributed by atoms with E-state index in [1.165, 1.54) is 69.9 Å². The lowest BCUT2D eigenvalue weighted by atomic mass is 9.74. The number of halogens is 3. The van der Waals surface area contributed by atoms with Gasteiger partial charge >= 0.3 is 0 Å². The molecule has 2 fully saturated rings. The second-order valence-electron chi connectivity index (χ2n) is 9.48. The molecule has 0 aromatic heterocycles. The molecule has 3 heteroatoms. The van der Waals surface area contributed by atoms with Crippen LogP contribution in [0.25, 0.3) is 0 Å². The summed E-state index contributed by atoms with van der Waals surface area (Å²) >= 11 is 0. The Labute approximate surface area is 175 Å². The summed E-state index contributed by atoms with van der Waals surface area (Å²) in [6, 6.07) is 2.39. The van der Waals surface area contributed by atoms with Gasteiger partial charge in [-0.15, -0.1) is 0 Å². The fourth-order valence-corrected chi connectivity index (χ4v) is 5.57. The van der Waals surface area contributed by atoms with E-state index < -0.39 is 17.5 Å². The summed E-state index contributed by atoms with van der Waals surface area (Å²) in [5.41, 5.74) is 0.632. The van der Waals surface area contributed by atoms with Gasteiger partial charge in [0.15, 0.2) is 17.5 Å². The van der Waals surface area contributed by atoms with Crippen molar-refractivity contribution in [2.75, 3.05) is 0 Å². The van der Waals surface area contributed by atoms with Crippen molar-refractivity contribution in [1.29, 1.82) is 0 Å². The molecule has 0 unspecified atom stereocenters. The molecule has 0 aliphatic heterocycles. The Bertz CT molecular complexity index is 627. The van der Waals surface area contributed by atoms with Gasteiger partial charge in [-0.25, -0.2) is 13.2 Å². The van der Waals surface area contributed by atoms with Crippen LogP contribution in [0.2, 0.25) is 0 Å². The van der Waals surface area contributed by atoms with Crippen LogP contribution in [-0.2, 0) is 0 Å². The maximum absolute atomic E-state index is 13.5. The van der Waals surface area contributed by atoms with Gasteiger partial charge in [-0.2, -0.15) is 0 Å². The predicted octanol–water partition coefficient (Wildman–Crippen LogP) is 8.71. The predicted molar refractivity (Wildman–Crippen MR) is 114 cm³/mol. The van der Waals surface area contributed by atoms with Crippen LogP contribution in [0.15, 0.2) is 24.3 Å². The summed E-state index contributed by atoms with van der Waals surface area (Å²) in [4.78, 5) is 0. The minimum absolute atomic E-state index is 0.175. The molecule has 2 aliphatic rings. The molecule has 0 heterocycles. The van der Waals surface area contributed by atoms with E-state index in [0.29, 0.717) is 5.56 Å². The van der Waals surface area contributed by atoms with Gasteiger partial charge in [-0.1, -0.05) is 57.1 Å². The molecule has 2 aliphatic carbocycles. The van der Waals surface area contributed by atoms with Crippen molar-refractivity contribution >= 4 is 0 Å². The number of rotatable bonds is 8. The van der Waals surface area contributed by atoms with Gasteiger partial charge < -0.3 is 0 Å². The average Bonchev–Trinajstić information content (AvgIpc) is 2.74. The standard InChI is InChI=1S/C26H37F3/c1-2-3-4-5-6-19-7-9-20(10-8-19)11-12-21-13-15-22(16-14-21)23-17-24(27)26(29)25(28)18-23/h2-3,17-22H,4-16H2,1H3/b3-2+. The Morgan fingerprint density at radius 3 is 1.76 bits per heavy atom. The first-order valence-corrected chi connectivity index (χ1v) is 11.8. The van der Waals surface area contributed by atoms with Crippen molar-refractivity contribution in [3.05, 3.63) is 47.3 Å². The zero-order valence-electron chi connectivity index (χ0n) is 17.9. The van der Waals surface area contributed by atoms with Crippen LogP contribution in [0.1, 0.15) is 102 Å². The average molecular weight is 407 g/mol. The van der Waals surface area contributed by atoms with Gasteiger partial charge in [-0.3, -0.25) is 0 Å². The Morgan fingerprint density at radius 1 is 0.759 bits per heavy atom. The first kappa shape index (κ1) is 22.4. The van der Waals surface area contributed by atoms with Crippen LogP contribution in [0.4, 0.5) is 13.2 Å². The lowest BCUT2D eigenvalue weighted by Crippen LogP contribution is -2.18. The summed E-state index contributed by atoms with van der Waals surface area (Å²) in [7, 11) is 0. The summed E-state index contributed by atoms with van der Waals surface area (Å²) in [6.07, 6.45) is 20.9. The fourth-order valence-electron chi connectivity index (χ4n) is 5.57. The van der Waals surface area contributed by atoms with Crippen LogP contribution in [-0.4, -0.2) is 0 Å². The van der Waals surface area contributed by atoms with Crippen LogP contribution in [0.5, 0.6) is 0 Å². The van der Waals surface area contributed by atoms with Crippen LogP contribution >= 0.6 is 0 Å². The third-order valence-corrected chi connectivity index (χ3v) is 7.49. The molecule has 0 amide bonds. The van der Waals surface area contributed by atoms with Crippen molar-refractivity contribution in [2.24, 2.45) is 17.8 Å². The second-order valence-corrected chi connectivity index (χ2v) is 9.48. The van der Waals surface area contributed by atoms with Gasteiger partial charge in [0.25, 0.3) is 0 Å². The van der Waals surface area contributed by atoms with E-state index in [1.54, 1.807) is 0 Å². The minimum Gasteiger partial charge on any atom is -0.204 e. The first-order chi connectivity index (χ1) is 14.1. The number of hydrogen-bond acceptors (Lipinski definition) is 0. The molecule has 1 aromatic rings. The molecule has 0 saturated heterocycles. The number of allylic oxidation sites excluding steroid dienone is 2. The highest BCUT2D eigenvalue weighted by atomic mass is 19.2. The van der Waals surface area contributed by atoms with E-state index >= 15 is 0 Å². The zero-order valence-corrected chi connectivity index (χ0v) is 17.9. The van der Waals surface area contributed by atoms with E-state index in [4.69, 9.17) is 0 Å². The maximum atomic E-state index is 13.5. The number of benzene rings is 1. The largest absolute Gasteiger partial charge is 0.204 e. The third kappa shape index (κ3) is 6.62. The highest BCUT2D eigenvalue weighted by molar-refractivity contribution is 5.23. The molecule has 2 saturated carbocycles. The summed E-state index contributed by atoms with van der Waals surface area (Å²) < 4.78 is 40.2. The van der Waals surface area contributed by atoms with Crippen LogP contribution in [0, 0.1) is 35.2 Å². The molecule has 0 N–H and O–H groups in total. The molecule has 29 heavy (non-hydrogen) atoms. The van der Waals surface area contributed by atoms with E-state index in [1.807, 2.05) is 0 Å². The number of hydrogen-bond donors (Lipinski definition) is 0. The lowest BCUT2D eigenvalue weighted by molar-refractivity contribution is 0.223. The van der Waals surface area contributed by atoms with E-state index in [-0.39, 0.29) is 5.92 Å². The Kier molecular flexibility index (Phi) is 8.68. The molecule has 1 aromatic carbocycles. The van der Waals surface area contributed by atoms with Crippen LogP contribution < -0.4 is 0 Å². The van der Waals surface area contributed by atoms with Crippen LogP contribution in [0.3, 0.4) is 0 Å². The fraction of sp³-hybridized carbons (Fsp3) is 0.692. The molecule has 0 radical (unpaired) electrons. The van der Waals surface area contributed by atoms with Crippen molar-refractivity contribution in [2.45, 2.75) is 96.3 Å². The first-order valence-electron chi connectivity index (χ1n) is 11.8. The van der Waals surface area contributed by atoms with Crippen molar-refractivity contribution < 1.29 is 13.2 Å². The molecule has 0 nitrogen and oxygen atoms in total. The normalized spacial score (nSPS) is 28.1. The van der Waals surface area contributed by atoms with Gasteiger partial charge in [0.1, 0.15) is 0 Å². The zero-order chi connectivity index (χ0) is 20.6. The highest BCUT2D eigenvalue weighted by Crippen LogP contribution is 2.40.